The normalized spacial score (nSPS) is 16.5. The van der Waals surface area contributed by atoms with E-state index in [1.165, 1.54) is 5.56 Å². The summed E-state index contributed by atoms with van der Waals surface area (Å²) in [5.74, 6) is -0.307. The molecule has 0 spiro atoms. The molecule has 0 aromatic heterocycles. The molecule has 130 valence electrons. The van der Waals surface area contributed by atoms with Crippen LogP contribution < -0.4 is 10.6 Å². The minimum atomic E-state index is -0.879. The van der Waals surface area contributed by atoms with Crippen molar-refractivity contribution in [3.63, 3.8) is 0 Å². The first-order valence-electron chi connectivity index (χ1n) is 8.37. The van der Waals surface area contributed by atoms with Crippen molar-refractivity contribution < 1.29 is 14.4 Å². The number of urea groups is 1. The van der Waals surface area contributed by atoms with Crippen LogP contribution in [0.15, 0.2) is 24.3 Å². The Bertz CT molecular complexity index is 633. The maximum absolute atomic E-state index is 12.5. The molecular weight excluding hydrogens is 306 g/mol. The van der Waals surface area contributed by atoms with E-state index < -0.39 is 11.6 Å². The Kier molecular flexibility index (Phi) is 5.26. The van der Waals surface area contributed by atoms with E-state index in [4.69, 9.17) is 0 Å². The molecule has 2 N–H and O–H groups in total. The average molecular weight is 331 g/mol. The van der Waals surface area contributed by atoms with Gasteiger partial charge in [0, 0.05) is 5.69 Å². The second-order valence-corrected chi connectivity index (χ2v) is 6.44. The second kappa shape index (κ2) is 7.03. The summed E-state index contributed by atoms with van der Waals surface area (Å²) in [7, 11) is 0. The van der Waals surface area contributed by atoms with Gasteiger partial charge in [0.05, 0.1) is 0 Å². The highest BCUT2D eigenvalue weighted by Gasteiger charge is 2.49. The zero-order valence-corrected chi connectivity index (χ0v) is 14.7. The minimum absolute atomic E-state index is 0.279. The van der Waals surface area contributed by atoms with Gasteiger partial charge in [-0.1, -0.05) is 39.8 Å². The Labute approximate surface area is 142 Å². The maximum Gasteiger partial charge on any atom is 0.325 e. The molecule has 0 bridgehead atoms. The monoisotopic (exact) mass is 331 g/mol. The molecule has 0 aliphatic carbocycles. The summed E-state index contributed by atoms with van der Waals surface area (Å²) in [6.45, 7) is 7.61. The van der Waals surface area contributed by atoms with E-state index in [0.717, 1.165) is 4.90 Å². The summed E-state index contributed by atoms with van der Waals surface area (Å²) in [6.07, 6.45) is 1.01. The van der Waals surface area contributed by atoms with Gasteiger partial charge in [-0.15, -0.1) is 0 Å². The van der Waals surface area contributed by atoms with Gasteiger partial charge in [0.25, 0.3) is 5.91 Å². The molecule has 6 nitrogen and oxygen atoms in total. The number of hydrogen-bond acceptors (Lipinski definition) is 3. The van der Waals surface area contributed by atoms with Gasteiger partial charge in [-0.05, 0) is 36.5 Å². The standard InChI is InChI=1S/C18H25N3O3/c1-5-18(6-2)16(23)21(17(24)20-18)11-15(22)19-14-9-7-13(8-10-14)12(3)4/h7-10,12H,5-6,11H2,1-4H3,(H,19,22)(H,20,24). The summed E-state index contributed by atoms with van der Waals surface area (Å²) >= 11 is 0. The Morgan fingerprint density at radius 3 is 2.21 bits per heavy atom. The van der Waals surface area contributed by atoms with E-state index in [1.54, 1.807) is 0 Å². The lowest BCUT2D eigenvalue weighted by Gasteiger charge is -2.23. The number of carbonyl (C=O) groups excluding carboxylic acids is 3. The van der Waals surface area contributed by atoms with E-state index in [0.29, 0.717) is 24.4 Å². The van der Waals surface area contributed by atoms with Gasteiger partial charge >= 0.3 is 6.03 Å². The van der Waals surface area contributed by atoms with Crippen LogP contribution in [0.3, 0.4) is 0 Å². The molecule has 1 fully saturated rings. The number of nitrogens with one attached hydrogen (secondary N) is 2. The van der Waals surface area contributed by atoms with Crippen molar-refractivity contribution in [2.45, 2.75) is 52.0 Å². The predicted molar refractivity (Wildman–Crippen MR) is 92.7 cm³/mol. The molecule has 6 heteroatoms. The fraction of sp³-hybridized carbons (Fsp3) is 0.500. The quantitative estimate of drug-likeness (QED) is 0.787. The molecule has 0 unspecified atom stereocenters. The van der Waals surface area contributed by atoms with Gasteiger partial charge in [0.15, 0.2) is 0 Å². The van der Waals surface area contributed by atoms with Gasteiger partial charge in [-0.2, -0.15) is 0 Å². The van der Waals surface area contributed by atoms with Gasteiger partial charge < -0.3 is 10.6 Å². The van der Waals surface area contributed by atoms with E-state index >= 15 is 0 Å². The molecule has 1 aliphatic rings. The van der Waals surface area contributed by atoms with Crippen LogP contribution in [0.25, 0.3) is 0 Å². The topological polar surface area (TPSA) is 78.5 Å². The Balaban J connectivity index is 2.02. The first kappa shape index (κ1) is 18.0. The zero-order valence-electron chi connectivity index (χ0n) is 14.7. The molecule has 1 heterocycles. The number of rotatable bonds is 6. The summed E-state index contributed by atoms with van der Waals surface area (Å²) in [6, 6.07) is 7.04. The first-order chi connectivity index (χ1) is 11.3. The van der Waals surface area contributed by atoms with Crippen LogP contribution in [0.1, 0.15) is 52.0 Å². The van der Waals surface area contributed by atoms with Crippen molar-refractivity contribution in [2.24, 2.45) is 0 Å². The van der Waals surface area contributed by atoms with Gasteiger partial charge in [0.2, 0.25) is 5.91 Å². The Morgan fingerprint density at radius 2 is 1.75 bits per heavy atom. The molecule has 0 saturated carbocycles. The number of hydrogen-bond donors (Lipinski definition) is 2. The smallest absolute Gasteiger partial charge is 0.325 e. The second-order valence-electron chi connectivity index (χ2n) is 6.44. The number of carbonyl (C=O) groups is 3. The molecular formula is C18H25N3O3. The van der Waals surface area contributed by atoms with Crippen LogP contribution in [0.4, 0.5) is 10.5 Å². The van der Waals surface area contributed by atoms with E-state index in [2.05, 4.69) is 24.5 Å². The Hall–Kier alpha value is -2.37. The van der Waals surface area contributed by atoms with Crippen LogP contribution in [-0.4, -0.2) is 34.8 Å². The highest BCUT2D eigenvalue weighted by molar-refractivity contribution is 6.10. The van der Waals surface area contributed by atoms with Crippen molar-refractivity contribution in [1.29, 1.82) is 0 Å². The highest BCUT2D eigenvalue weighted by atomic mass is 16.2. The third kappa shape index (κ3) is 3.42. The Morgan fingerprint density at radius 1 is 1.17 bits per heavy atom. The van der Waals surface area contributed by atoms with E-state index in [-0.39, 0.29) is 18.4 Å². The van der Waals surface area contributed by atoms with Gasteiger partial charge in [-0.25, -0.2) is 4.79 Å². The molecule has 1 aromatic rings. The molecule has 24 heavy (non-hydrogen) atoms. The van der Waals surface area contributed by atoms with Crippen LogP contribution in [0.5, 0.6) is 0 Å². The third-order valence-corrected chi connectivity index (χ3v) is 4.62. The molecule has 0 radical (unpaired) electrons. The van der Waals surface area contributed by atoms with Crippen LogP contribution in [0.2, 0.25) is 0 Å². The SMILES string of the molecule is CCC1(CC)NC(=O)N(CC(=O)Nc2ccc(C(C)C)cc2)C1=O. The lowest BCUT2D eigenvalue weighted by atomic mass is 9.93. The molecule has 4 amide bonds. The fourth-order valence-electron chi connectivity index (χ4n) is 2.84. The zero-order chi connectivity index (χ0) is 17.9. The van der Waals surface area contributed by atoms with Crippen molar-refractivity contribution >= 4 is 23.5 Å². The maximum atomic E-state index is 12.5. The summed E-state index contributed by atoms with van der Waals surface area (Å²) in [4.78, 5) is 37.7. The van der Waals surface area contributed by atoms with E-state index in [1.807, 2.05) is 38.1 Å². The number of amides is 4. The first-order valence-corrected chi connectivity index (χ1v) is 8.37. The number of benzene rings is 1. The number of anilines is 1. The lowest BCUT2D eigenvalue weighted by Crippen LogP contribution is -2.46. The van der Waals surface area contributed by atoms with E-state index in [9.17, 15) is 14.4 Å². The van der Waals surface area contributed by atoms with Crippen LogP contribution in [0, 0.1) is 0 Å². The lowest BCUT2D eigenvalue weighted by molar-refractivity contribution is -0.134. The summed E-state index contributed by atoms with van der Waals surface area (Å²) in [5, 5.41) is 5.44. The number of nitrogens with zero attached hydrogens (tertiary/aromatic N) is 1. The largest absolute Gasteiger partial charge is 0.325 e. The molecule has 0 atom stereocenters. The highest BCUT2D eigenvalue weighted by Crippen LogP contribution is 2.24. The van der Waals surface area contributed by atoms with Crippen molar-refractivity contribution in [3.05, 3.63) is 29.8 Å². The van der Waals surface area contributed by atoms with Gasteiger partial charge in [0.1, 0.15) is 12.1 Å². The van der Waals surface area contributed by atoms with Crippen molar-refractivity contribution in [3.8, 4) is 0 Å². The van der Waals surface area contributed by atoms with Crippen LogP contribution in [-0.2, 0) is 9.59 Å². The molecule has 1 aromatic carbocycles. The summed E-state index contributed by atoms with van der Waals surface area (Å²) in [5.41, 5.74) is 0.947. The third-order valence-electron chi connectivity index (χ3n) is 4.62. The number of imide groups is 1. The molecule has 1 saturated heterocycles. The van der Waals surface area contributed by atoms with Crippen molar-refractivity contribution in [1.82, 2.24) is 10.2 Å². The van der Waals surface area contributed by atoms with Crippen LogP contribution >= 0.6 is 0 Å². The summed E-state index contributed by atoms with van der Waals surface area (Å²) < 4.78 is 0. The van der Waals surface area contributed by atoms with Crippen molar-refractivity contribution in [2.75, 3.05) is 11.9 Å². The average Bonchev–Trinajstić information content (AvgIpc) is 2.80. The minimum Gasteiger partial charge on any atom is -0.325 e. The molecule has 1 aliphatic heterocycles. The predicted octanol–water partition coefficient (Wildman–Crippen LogP) is 2.86. The van der Waals surface area contributed by atoms with Gasteiger partial charge in [-0.3, -0.25) is 14.5 Å². The fourth-order valence-corrected chi connectivity index (χ4v) is 2.84. The molecule has 2 rings (SSSR count).